The zero-order valence-corrected chi connectivity index (χ0v) is 10.4. The average molecular weight is 218 g/mol. The van der Waals surface area contributed by atoms with Crippen molar-refractivity contribution in [3.63, 3.8) is 0 Å². The van der Waals surface area contributed by atoms with Crippen molar-refractivity contribution in [3.8, 4) is 0 Å². The van der Waals surface area contributed by atoms with Crippen molar-refractivity contribution in [2.24, 2.45) is 0 Å². The molecule has 1 unspecified atom stereocenters. The molecule has 16 heavy (non-hydrogen) atoms. The van der Waals surface area contributed by atoms with Crippen LogP contribution in [-0.4, -0.2) is 12.7 Å². The van der Waals surface area contributed by atoms with Gasteiger partial charge in [0.2, 0.25) is 0 Å². The number of hydrogen-bond acceptors (Lipinski definition) is 1. The van der Waals surface area contributed by atoms with Crippen molar-refractivity contribution in [2.45, 2.75) is 51.0 Å². The SMILES string of the molecule is CC(C)(CC1CCCCO1)c1ccccc1. The van der Waals surface area contributed by atoms with E-state index >= 15 is 0 Å². The first-order chi connectivity index (χ1) is 7.68. The molecular formula is C15H22O. The monoisotopic (exact) mass is 218 g/mol. The minimum absolute atomic E-state index is 0.225. The number of benzene rings is 1. The van der Waals surface area contributed by atoms with Gasteiger partial charge in [-0.1, -0.05) is 44.2 Å². The number of rotatable bonds is 3. The first kappa shape index (κ1) is 11.7. The Morgan fingerprint density at radius 2 is 1.94 bits per heavy atom. The molecule has 1 aliphatic heterocycles. The highest BCUT2D eigenvalue weighted by Gasteiger charge is 2.26. The second kappa shape index (κ2) is 5.01. The van der Waals surface area contributed by atoms with Gasteiger partial charge in [0.15, 0.2) is 0 Å². The molecule has 0 aromatic heterocycles. The lowest BCUT2D eigenvalue weighted by Crippen LogP contribution is -2.29. The Kier molecular flexibility index (Phi) is 3.65. The maximum absolute atomic E-state index is 5.84. The Morgan fingerprint density at radius 3 is 2.56 bits per heavy atom. The molecule has 1 fully saturated rings. The minimum atomic E-state index is 0.225. The van der Waals surface area contributed by atoms with E-state index in [1.54, 1.807) is 0 Å². The van der Waals surface area contributed by atoms with Crippen LogP contribution in [0, 0.1) is 0 Å². The molecule has 1 aromatic rings. The molecule has 1 aromatic carbocycles. The molecule has 2 rings (SSSR count). The summed E-state index contributed by atoms with van der Waals surface area (Å²) in [4.78, 5) is 0. The fraction of sp³-hybridized carbons (Fsp3) is 0.600. The predicted octanol–water partition coefficient (Wildman–Crippen LogP) is 3.92. The van der Waals surface area contributed by atoms with E-state index in [0.29, 0.717) is 6.10 Å². The van der Waals surface area contributed by atoms with Crippen LogP contribution in [0.5, 0.6) is 0 Å². The Hall–Kier alpha value is -0.820. The van der Waals surface area contributed by atoms with Crippen LogP contribution < -0.4 is 0 Å². The highest BCUT2D eigenvalue weighted by molar-refractivity contribution is 5.23. The van der Waals surface area contributed by atoms with Crippen LogP contribution in [0.15, 0.2) is 30.3 Å². The van der Waals surface area contributed by atoms with Crippen molar-refractivity contribution in [1.82, 2.24) is 0 Å². The van der Waals surface area contributed by atoms with Gasteiger partial charge in [0.25, 0.3) is 0 Å². The molecule has 0 spiro atoms. The van der Waals surface area contributed by atoms with Gasteiger partial charge in [-0.2, -0.15) is 0 Å². The Balaban J connectivity index is 2.01. The highest BCUT2D eigenvalue weighted by atomic mass is 16.5. The van der Waals surface area contributed by atoms with Crippen molar-refractivity contribution in [1.29, 1.82) is 0 Å². The first-order valence-electron chi connectivity index (χ1n) is 6.36. The molecule has 0 radical (unpaired) electrons. The topological polar surface area (TPSA) is 9.23 Å². The minimum Gasteiger partial charge on any atom is -0.378 e. The Bertz CT molecular complexity index is 309. The van der Waals surface area contributed by atoms with Crippen LogP contribution in [0.2, 0.25) is 0 Å². The largest absolute Gasteiger partial charge is 0.378 e. The van der Waals surface area contributed by atoms with Gasteiger partial charge < -0.3 is 4.74 Å². The van der Waals surface area contributed by atoms with Gasteiger partial charge in [0.1, 0.15) is 0 Å². The molecule has 1 aliphatic rings. The van der Waals surface area contributed by atoms with Gasteiger partial charge in [-0.15, -0.1) is 0 Å². The highest BCUT2D eigenvalue weighted by Crippen LogP contribution is 2.31. The predicted molar refractivity (Wildman–Crippen MR) is 67.7 cm³/mol. The van der Waals surface area contributed by atoms with Gasteiger partial charge in [-0.25, -0.2) is 0 Å². The van der Waals surface area contributed by atoms with Crippen LogP contribution in [0.4, 0.5) is 0 Å². The van der Waals surface area contributed by atoms with Gasteiger partial charge in [0, 0.05) is 6.61 Å². The van der Waals surface area contributed by atoms with Gasteiger partial charge in [-0.3, -0.25) is 0 Å². The van der Waals surface area contributed by atoms with Crippen molar-refractivity contribution in [3.05, 3.63) is 35.9 Å². The van der Waals surface area contributed by atoms with Crippen LogP contribution in [-0.2, 0) is 10.2 Å². The van der Waals surface area contributed by atoms with E-state index in [2.05, 4.69) is 44.2 Å². The molecule has 0 N–H and O–H groups in total. The van der Waals surface area contributed by atoms with Gasteiger partial charge in [-0.05, 0) is 36.7 Å². The summed E-state index contributed by atoms with van der Waals surface area (Å²) in [6, 6.07) is 10.8. The van der Waals surface area contributed by atoms with Crippen LogP contribution >= 0.6 is 0 Å². The van der Waals surface area contributed by atoms with E-state index in [-0.39, 0.29) is 5.41 Å². The third-order valence-electron chi connectivity index (χ3n) is 3.57. The normalized spacial score (nSPS) is 22.0. The van der Waals surface area contributed by atoms with E-state index in [9.17, 15) is 0 Å². The Labute approximate surface area is 98.8 Å². The molecule has 88 valence electrons. The quantitative estimate of drug-likeness (QED) is 0.747. The summed E-state index contributed by atoms with van der Waals surface area (Å²) in [5.41, 5.74) is 1.65. The summed E-state index contributed by atoms with van der Waals surface area (Å²) in [5, 5.41) is 0. The van der Waals surface area contributed by atoms with Crippen LogP contribution in [0.1, 0.15) is 45.1 Å². The molecule has 1 saturated heterocycles. The van der Waals surface area contributed by atoms with E-state index < -0.39 is 0 Å². The first-order valence-corrected chi connectivity index (χ1v) is 6.36. The van der Waals surface area contributed by atoms with Crippen LogP contribution in [0.3, 0.4) is 0 Å². The van der Waals surface area contributed by atoms with E-state index in [4.69, 9.17) is 4.74 Å². The summed E-state index contributed by atoms with van der Waals surface area (Å²) in [6.45, 7) is 5.59. The molecule has 1 heterocycles. The lowest BCUT2D eigenvalue weighted by molar-refractivity contribution is 0.0000967. The second-order valence-corrected chi connectivity index (χ2v) is 5.44. The summed E-state index contributed by atoms with van der Waals surface area (Å²) >= 11 is 0. The third kappa shape index (κ3) is 2.85. The number of ether oxygens (including phenoxy) is 1. The fourth-order valence-electron chi connectivity index (χ4n) is 2.54. The zero-order chi connectivity index (χ0) is 11.4. The fourth-order valence-corrected chi connectivity index (χ4v) is 2.54. The summed E-state index contributed by atoms with van der Waals surface area (Å²) in [6.07, 6.45) is 5.40. The Morgan fingerprint density at radius 1 is 1.19 bits per heavy atom. The van der Waals surface area contributed by atoms with E-state index in [0.717, 1.165) is 13.0 Å². The standard InChI is InChI=1S/C15H22O/c1-15(2,13-8-4-3-5-9-13)12-14-10-6-7-11-16-14/h3-5,8-9,14H,6-7,10-12H2,1-2H3. The van der Waals surface area contributed by atoms with Gasteiger partial charge >= 0.3 is 0 Å². The third-order valence-corrected chi connectivity index (χ3v) is 3.57. The number of hydrogen-bond donors (Lipinski definition) is 0. The average Bonchev–Trinajstić information content (AvgIpc) is 2.31. The maximum Gasteiger partial charge on any atom is 0.0583 e. The van der Waals surface area contributed by atoms with E-state index in [1.807, 2.05) is 0 Å². The molecule has 0 aliphatic carbocycles. The van der Waals surface area contributed by atoms with Gasteiger partial charge in [0.05, 0.1) is 6.10 Å². The molecular weight excluding hydrogens is 196 g/mol. The summed E-state index contributed by atoms with van der Waals surface area (Å²) in [7, 11) is 0. The van der Waals surface area contributed by atoms with Crippen molar-refractivity contribution in [2.75, 3.05) is 6.61 Å². The molecule has 0 saturated carbocycles. The van der Waals surface area contributed by atoms with E-state index in [1.165, 1.54) is 24.8 Å². The second-order valence-electron chi connectivity index (χ2n) is 5.44. The lowest BCUT2D eigenvalue weighted by Gasteiger charge is -2.32. The zero-order valence-electron chi connectivity index (χ0n) is 10.4. The molecule has 0 bridgehead atoms. The maximum atomic E-state index is 5.84. The summed E-state index contributed by atoms with van der Waals surface area (Å²) in [5.74, 6) is 0. The van der Waals surface area contributed by atoms with Crippen molar-refractivity contribution < 1.29 is 4.74 Å². The molecule has 1 heteroatoms. The summed E-state index contributed by atoms with van der Waals surface area (Å²) < 4.78 is 5.84. The molecule has 1 atom stereocenters. The molecule has 0 amide bonds. The lowest BCUT2D eigenvalue weighted by atomic mass is 9.78. The van der Waals surface area contributed by atoms with Crippen molar-refractivity contribution >= 4 is 0 Å². The molecule has 1 nitrogen and oxygen atoms in total. The van der Waals surface area contributed by atoms with Crippen LogP contribution in [0.25, 0.3) is 0 Å². The smallest absolute Gasteiger partial charge is 0.0583 e.